The van der Waals surface area contributed by atoms with Crippen molar-refractivity contribution >= 4 is 23.4 Å². The molecule has 8 heteroatoms. The molecule has 2 aliphatic carbocycles. The maximum absolute atomic E-state index is 14.1. The summed E-state index contributed by atoms with van der Waals surface area (Å²) in [5.74, 6) is 2.80. The molecule has 2 fully saturated rings. The van der Waals surface area contributed by atoms with Gasteiger partial charge in [0.25, 0.3) is 0 Å². The number of benzene rings is 2. The molecule has 0 saturated heterocycles. The van der Waals surface area contributed by atoms with E-state index in [1.54, 1.807) is 30.1 Å². The lowest BCUT2D eigenvalue weighted by Gasteiger charge is -2.30. The number of anilines is 1. The molecule has 3 aromatic rings. The summed E-state index contributed by atoms with van der Waals surface area (Å²) in [4.78, 5) is 14.6. The van der Waals surface area contributed by atoms with E-state index in [9.17, 15) is 9.18 Å². The number of hydrogen-bond acceptors (Lipinski definition) is 5. The van der Waals surface area contributed by atoms with Gasteiger partial charge in [-0.15, -0.1) is 10.2 Å². The van der Waals surface area contributed by atoms with Crippen LogP contribution < -0.4 is 9.64 Å². The highest BCUT2D eigenvalue weighted by molar-refractivity contribution is 7.99. The number of fused-ring (bicyclic) bond motifs is 2. The molecule has 0 N–H and O–H groups in total. The lowest BCUT2D eigenvalue weighted by Crippen LogP contribution is -2.28. The standard InChI is InChI=1S/C27H31FN4O2S/c1-18(22-15-19-12-13-20(22)14-19)32-25(16-34-24-11-7-6-10-23(24)28)29-30-27(32)35-17-26(33)31(2)21-8-4-3-5-9-21/h3-11,18-20,22H,12-17H2,1-2H3/t18-,19-,20-,22+/m0/s1. The maximum atomic E-state index is 14.1. The van der Waals surface area contributed by atoms with E-state index < -0.39 is 5.82 Å². The van der Waals surface area contributed by atoms with Crippen molar-refractivity contribution in [3.63, 3.8) is 0 Å². The molecular formula is C27H31FN4O2S. The fourth-order valence-electron chi connectivity index (χ4n) is 5.71. The van der Waals surface area contributed by atoms with Crippen molar-refractivity contribution in [1.29, 1.82) is 0 Å². The van der Waals surface area contributed by atoms with E-state index in [-0.39, 0.29) is 30.1 Å². The number of carbonyl (C=O) groups is 1. The second kappa shape index (κ2) is 10.4. The number of thioether (sulfide) groups is 1. The minimum absolute atomic E-state index is 0.00696. The molecule has 0 unspecified atom stereocenters. The molecule has 1 heterocycles. The van der Waals surface area contributed by atoms with Gasteiger partial charge in [0.15, 0.2) is 22.5 Å². The molecule has 0 radical (unpaired) electrons. The highest BCUT2D eigenvalue weighted by Crippen LogP contribution is 2.52. The highest BCUT2D eigenvalue weighted by Gasteiger charge is 2.43. The lowest BCUT2D eigenvalue weighted by atomic mass is 9.84. The van der Waals surface area contributed by atoms with Crippen LogP contribution in [0.15, 0.2) is 59.8 Å². The number of halogens is 1. The van der Waals surface area contributed by atoms with Crippen molar-refractivity contribution in [2.45, 2.75) is 50.4 Å². The van der Waals surface area contributed by atoms with Gasteiger partial charge in [-0.05, 0) is 68.2 Å². The summed E-state index contributed by atoms with van der Waals surface area (Å²) in [6.45, 7) is 2.35. The van der Waals surface area contributed by atoms with E-state index >= 15 is 0 Å². The fourth-order valence-corrected chi connectivity index (χ4v) is 6.67. The van der Waals surface area contributed by atoms with Crippen LogP contribution in [-0.2, 0) is 11.4 Å². The number of rotatable bonds is 9. The first kappa shape index (κ1) is 23.9. The van der Waals surface area contributed by atoms with E-state index in [2.05, 4.69) is 21.7 Å². The van der Waals surface area contributed by atoms with Gasteiger partial charge in [0.05, 0.1) is 5.75 Å². The number of nitrogens with zero attached hydrogens (tertiary/aromatic N) is 4. The topological polar surface area (TPSA) is 60.2 Å². The van der Waals surface area contributed by atoms with E-state index in [0.29, 0.717) is 16.9 Å². The van der Waals surface area contributed by atoms with Crippen LogP contribution in [0.3, 0.4) is 0 Å². The number of carbonyl (C=O) groups excluding carboxylic acids is 1. The molecule has 1 aromatic heterocycles. The SMILES string of the molecule is C[C@@H]([C@H]1C[C@H]2CC[C@H]1C2)n1c(COc2ccccc2F)nnc1SCC(=O)N(C)c1ccccc1. The predicted octanol–water partition coefficient (Wildman–Crippen LogP) is 5.75. The lowest BCUT2D eigenvalue weighted by molar-refractivity contribution is -0.115. The van der Waals surface area contributed by atoms with E-state index in [0.717, 1.165) is 17.5 Å². The van der Waals surface area contributed by atoms with Crippen LogP contribution in [0.4, 0.5) is 10.1 Å². The van der Waals surface area contributed by atoms with E-state index in [4.69, 9.17) is 4.74 Å². The van der Waals surface area contributed by atoms with Crippen molar-refractivity contribution < 1.29 is 13.9 Å². The molecule has 2 bridgehead atoms. The first-order valence-corrected chi connectivity index (χ1v) is 13.3. The van der Waals surface area contributed by atoms with Crippen molar-refractivity contribution in [2.75, 3.05) is 17.7 Å². The van der Waals surface area contributed by atoms with Gasteiger partial charge >= 0.3 is 0 Å². The molecule has 2 aromatic carbocycles. The van der Waals surface area contributed by atoms with Gasteiger partial charge in [-0.2, -0.15) is 0 Å². The van der Waals surface area contributed by atoms with Gasteiger partial charge in [0.2, 0.25) is 5.91 Å². The van der Waals surface area contributed by atoms with E-state index in [1.165, 1.54) is 43.5 Å². The zero-order chi connectivity index (χ0) is 24.4. The minimum Gasteiger partial charge on any atom is -0.483 e. The number of ether oxygens (including phenoxy) is 1. The van der Waals surface area contributed by atoms with Crippen LogP contribution in [-0.4, -0.2) is 33.5 Å². The highest BCUT2D eigenvalue weighted by atomic mass is 32.2. The number of hydrogen-bond donors (Lipinski definition) is 0. The Morgan fingerprint density at radius 1 is 1.14 bits per heavy atom. The van der Waals surface area contributed by atoms with Crippen molar-refractivity contribution in [3.8, 4) is 5.75 Å². The van der Waals surface area contributed by atoms with Gasteiger partial charge in [-0.3, -0.25) is 9.36 Å². The predicted molar refractivity (Wildman–Crippen MR) is 135 cm³/mol. The van der Waals surface area contributed by atoms with Gasteiger partial charge in [-0.25, -0.2) is 4.39 Å². The third-order valence-electron chi connectivity index (χ3n) is 7.59. The molecule has 0 spiro atoms. The van der Waals surface area contributed by atoms with Crippen LogP contribution in [0.25, 0.3) is 0 Å². The summed E-state index contributed by atoms with van der Waals surface area (Å²) >= 11 is 1.40. The Balaban J connectivity index is 1.34. The second-order valence-electron chi connectivity index (χ2n) is 9.64. The van der Waals surface area contributed by atoms with Crippen molar-refractivity contribution in [1.82, 2.24) is 14.8 Å². The average molecular weight is 495 g/mol. The number of amides is 1. The molecule has 4 atom stereocenters. The number of aromatic nitrogens is 3. The summed E-state index contributed by atoms with van der Waals surface area (Å²) in [5, 5.41) is 9.57. The van der Waals surface area contributed by atoms with Gasteiger partial charge in [0.1, 0.15) is 6.61 Å². The van der Waals surface area contributed by atoms with Gasteiger partial charge in [-0.1, -0.05) is 48.5 Å². The minimum atomic E-state index is -0.399. The molecular weight excluding hydrogens is 463 g/mol. The first-order valence-electron chi connectivity index (χ1n) is 12.3. The Morgan fingerprint density at radius 3 is 2.63 bits per heavy atom. The quantitative estimate of drug-likeness (QED) is 0.355. The number of para-hydroxylation sites is 2. The van der Waals surface area contributed by atoms with Crippen LogP contribution in [0.5, 0.6) is 5.75 Å². The maximum Gasteiger partial charge on any atom is 0.237 e. The molecule has 2 saturated carbocycles. The molecule has 6 nitrogen and oxygen atoms in total. The van der Waals surface area contributed by atoms with Crippen molar-refractivity contribution in [2.24, 2.45) is 17.8 Å². The van der Waals surface area contributed by atoms with Crippen LogP contribution in [0.2, 0.25) is 0 Å². The van der Waals surface area contributed by atoms with Gasteiger partial charge < -0.3 is 9.64 Å². The van der Waals surface area contributed by atoms with Crippen LogP contribution in [0, 0.1) is 23.6 Å². The summed E-state index contributed by atoms with van der Waals surface area (Å²) in [5.41, 5.74) is 0.855. The first-order chi connectivity index (χ1) is 17.0. The zero-order valence-corrected chi connectivity index (χ0v) is 21.0. The molecule has 184 valence electrons. The third-order valence-corrected chi connectivity index (χ3v) is 8.52. The molecule has 2 aliphatic rings. The van der Waals surface area contributed by atoms with E-state index in [1.807, 2.05) is 30.3 Å². The molecule has 35 heavy (non-hydrogen) atoms. The summed E-state index contributed by atoms with van der Waals surface area (Å²) in [6, 6.07) is 16.2. The largest absolute Gasteiger partial charge is 0.483 e. The fraction of sp³-hybridized carbons (Fsp3) is 0.444. The van der Waals surface area contributed by atoms with Crippen molar-refractivity contribution in [3.05, 3.63) is 66.2 Å². The third kappa shape index (κ3) is 5.08. The molecule has 0 aliphatic heterocycles. The summed E-state index contributed by atoms with van der Waals surface area (Å²) in [7, 11) is 1.79. The zero-order valence-electron chi connectivity index (χ0n) is 20.1. The Bertz CT molecular complexity index is 1170. The molecule has 1 amide bonds. The van der Waals surface area contributed by atoms with Crippen LogP contribution >= 0.6 is 11.8 Å². The smallest absolute Gasteiger partial charge is 0.237 e. The summed E-state index contributed by atoms with van der Waals surface area (Å²) in [6.07, 6.45) is 5.14. The Kier molecular flexibility index (Phi) is 7.09. The molecule has 5 rings (SSSR count). The normalized spacial score (nSPS) is 21.7. The second-order valence-corrected chi connectivity index (χ2v) is 10.6. The summed E-state index contributed by atoms with van der Waals surface area (Å²) < 4.78 is 22.0. The Labute approximate surface area is 209 Å². The van der Waals surface area contributed by atoms with Crippen LogP contribution in [0.1, 0.15) is 44.5 Å². The Morgan fingerprint density at radius 2 is 1.91 bits per heavy atom. The Hall–Kier alpha value is -2.87. The average Bonchev–Trinajstić information content (AvgIpc) is 3.62. The monoisotopic (exact) mass is 494 g/mol. The van der Waals surface area contributed by atoms with Gasteiger partial charge in [0, 0.05) is 18.8 Å².